The number of halogens is 1. The monoisotopic (exact) mass is 180 g/mol. The van der Waals surface area contributed by atoms with Gasteiger partial charge in [-0.15, -0.1) is 0 Å². The van der Waals surface area contributed by atoms with Gasteiger partial charge in [-0.2, -0.15) is 0 Å². The molecule has 1 aliphatic heterocycles. The van der Waals surface area contributed by atoms with Crippen molar-refractivity contribution < 1.29 is 24.4 Å². The molecular weight excluding hydrogens is 167 g/mol. The smallest absolute Gasteiger partial charge is 0.118 e. The van der Waals surface area contributed by atoms with E-state index in [1.807, 2.05) is 0 Å². The Bertz CT molecular complexity index is 150. The summed E-state index contributed by atoms with van der Waals surface area (Å²) >= 11 is 0. The van der Waals surface area contributed by atoms with Crippen molar-refractivity contribution in [2.24, 2.45) is 0 Å². The lowest BCUT2D eigenvalue weighted by atomic mass is 9.96. The van der Waals surface area contributed by atoms with E-state index in [1.165, 1.54) is 6.92 Å². The summed E-state index contributed by atoms with van der Waals surface area (Å²) < 4.78 is 17.0. The molecule has 0 aromatic rings. The standard InChI is InChI=1S/C7H13FO4/c1-3-5(9)7(11)6(10)4(2-8)12-3/h3-7,9-11H,2H2,1H3/t3-,4?,5?,6+,7+/m0/s1. The molecule has 0 saturated carbocycles. The van der Waals surface area contributed by atoms with E-state index in [4.69, 9.17) is 9.84 Å². The van der Waals surface area contributed by atoms with Gasteiger partial charge in [-0.25, -0.2) is 4.39 Å². The van der Waals surface area contributed by atoms with Crippen molar-refractivity contribution in [2.75, 3.05) is 6.67 Å². The molecule has 1 fully saturated rings. The molecule has 3 N–H and O–H groups in total. The molecule has 0 amide bonds. The summed E-state index contributed by atoms with van der Waals surface area (Å²) in [7, 11) is 0. The Balaban J connectivity index is 2.63. The van der Waals surface area contributed by atoms with Gasteiger partial charge < -0.3 is 20.1 Å². The number of aliphatic hydroxyl groups is 3. The Morgan fingerprint density at radius 1 is 1.17 bits per heavy atom. The number of rotatable bonds is 1. The van der Waals surface area contributed by atoms with E-state index in [2.05, 4.69) is 0 Å². The second-order valence-electron chi connectivity index (χ2n) is 3.01. The van der Waals surface area contributed by atoms with Gasteiger partial charge in [-0.05, 0) is 6.92 Å². The molecule has 1 heterocycles. The van der Waals surface area contributed by atoms with Crippen LogP contribution in [0.25, 0.3) is 0 Å². The summed E-state index contributed by atoms with van der Waals surface area (Å²) in [6.07, 6.45) is -5.50. The molecule has 5 heteroatoms. The average molecular weight is 180 g/mol. The van der Waals surface area contributed by atoms with Gasteiger partial charge in [-0.1, -0.05) is 0 Å². The Kier molecular flexibility index (Phi) is 3.00. The molecule has 4 nitrogen and oxygen atoms in total. The van der Waals surface area contributed by atoms with Crippen molar-refractivity contribution in [3.05, 3.63) is 0 Å². The van der Waals surface area contributed by atoms with Gasteiger partial charge in [-0.3, -0.25) is 0 Å². The van der Waals surface area contributed by atoms with Gasteiger partial charge in [0.05, 0.1) is 6.10 Å². The minimum absolute atomic E-state index is 0.649. The number of ether oxygens (including phenoxy) is 1. The van der Waals surface area contributed by atoms with E-state index in [0.717, 1.165) is 0 Å². The van der Waals surface area contributed by atoms with Gasteiger partial charge in [0, 0.05) is 0 Å². The van der Waals surface area contributed by atoms with Crippen molar-refractivity contribution in [2.45, 2.75) is 37.4 Å². The fourth-order valence-corrected chi connectivity index (χ4v) is 1.26. The lowest BCUT2D eigenvalue weighted by Gasteiger charge is -2.38. The van der Waals surface area contributed by atoms with Crippen LogP contribution in [0.15, 0.2) is 0 Å². The van der Waals surface area contributed by atoms with Crippen molar-refractivity contribution in [1.29, 1.82) is 0 Å². The predicted octanol–water partition coefficient (Wildman–Crippen LogP) is -1.17. The van der Waals surface area contributed by atoms with E-state index >= 15 is 0 Å². The minimum atomic E-state index is -1.35. The zero-order valence-corrected chi connectivity index (χ0v) is 6.72. The molecule has 0 aliphatic carbocycles. The zero-order valence-electron chi connectivity index (χ0n) is 6.72. The molecule has 1 aliphatic rings. The van der Waals surface area contributed by atoms with Crippen LogP contribution in [0, 0.1) is 0 Å². The highest BCUT2D eigenvalue weighted by Gasteiger charge is 2.41. The van der Waals surface area contributed by atoms with Gasteiger partial charge in [0.15, 0.2) is 0 Å². The molecule has 0 aromatic heterocycles. The molecule has 1 saturated heterocycles. The van der Waals surface area contributed by atoms with Gasteiger partial charge >= 0.3 is 0 Å². The molecule has 12 heavy (non-hydrogen) atoms. The molecule has 72 valence electrons. The van der Waals surface area contributed by atoms with Crippen LogP contribution in [0.2, 0.25) is 0 Å². The molecule has 2 unspecified atom stereocenters. The molecule has 0 spiro atoms. The first-order valence-corrected chi connectivity index (χ1v) is 3.83. The second kappa shape index (κ2) is 3.66. The molecule has 0 aromatic carbocycles. The van der Waals surface area contributed by atoms with Gasteiger partial charge in [0.1, 0.15) is 31.1 Å². The number of hydrogen-bond acceptors (Lipinski definition) is 4. The largest absolute Gasteiger partial charge is 0.388 e. The summed E-state index contributed by atoms with van der Waals surface area (Å²) in [6.45, 7) is 0.651. The van der Waals surface area contributed by atoms with Crippen LogP contribution in [-0.2, 0) is 4.74 Å². The first kappa shape index (κ1) is 9.85. The van der Waals surface area contributed by atoms with Crippen molar-refractivity contribution in [1.82, 2.24) is 0 Å². The predicted molar refractivity (Wildman–Crippen MR) is 38.3 cm³/mol. The fraction of sp³-hybridized carbons (Fsp3) is 1.00. The van der Waals surface area contributed by atoms with E-state index in [1.54, 1.807) is 0 Å². The first-order chi connectivity index (χ1) is 5.57. The molecule has 0 bridgehead atoms. The van der Waals surface area contributed by atoms with Crippen LogP contribution < -0.4 is 0 Å². The third-order valence-electron chi connectivity index (χ3n) is 2.10. The Labute approximate surface area is 69.6 Å². The van der Waals surface area contributed by atoms with E-state index in [-0.39, 0.29) is 0 Å². The topological polar surface area (TPSA) is 69.9 Å². The molecular formula is C7H13FO4. The summed E-state index contributed by atoms with van der Waals surface area (Å²) in [4.78, 5) is 0. The Hall–Kier alpha value is -0.230. The summed E-state index contributed by atoms with van der Waals surface area (Å²) in [5.41, 5.74) is 0. The zero-order chi connectivity index (χ0) is 9.30. The lowest BCUT2D eigenvalue weighted by Crippen LogP contribution is -2.57. The molecule has 0 radical (unpaired) electrons. The number of alkyl halides is 1. The maximum absolute atomic E-state index is 12.1. The van der Waals surface area contributed by atoms with E-state index in [0.29, 0.717) is 0 Å². The van der Waals surface area contributed by atoms with Gasteiger partial charge in [0.25, 0.3) is 0 Å². The number of hydrogen-bond donors (Lipinski definition) is 3. The summed E-state index contributed by atoms with van der Waals surface area (Å²) in [6, 6.07) is 0. The highest BCUT2D eigenvalue weighted by Crippen LogP contribution is 2.20. The van der Waals surface area contributed by atoms with E-state index in [9.17, 15) is 14.6 Å². The van der Waals surface area contributed by atoms with E-state index < -0.39 is 37.2 Å². The van der Waals surface area contributed by atoms with Crippen LogP contribution in [0.1, 0.15) is 6.92 Å². The second-order valence-corrected chi connectivity index (χ2v) is 3.01. The first-order valence-electron chi connectivity index (χ1n) is 3.83. The fourth-order valence-electron chi connectivity index (χ4n) is 1.26. The highest BCUT2D eigenvalue weighted by atomic mass is 19.1. The lowest BCUT2D eigenvalue weighted by molar-refractivity contribution is -0.219. The minimum Gasteiger partial charge on any atom is -0.388 e. The Morgan fingerprint density at radius 2 is 1.75 bits per heavy atom. The van der Waals surface area contributed by atoms with Crippen molar-refractivity contribution in [3.8, 4) is 0 Å². The summed E-state index contributed by atoms with van der Waals surface area (Å²) in [5, 5.41) is 27.5. The SMILES string of the molecule is C[C@@H]1OC(CF)[C@@H](O)[C@H](O)C1O. The molecule has 1 rings (SSSR count). The Morgan fingerprint density at radius 3 is 2.25 bits per heavy atom. The normalized spacial score (nSPS) is 49.2. The average Bonchev–Trinajstić information content (AvgIpc) is 2.08. The molecule has 5 atom stereocenters. The van der Waals surface area contributed by atoms with Crippen LogP contribution in [-0.4, -0.2) is 52.5 Å². The van der Waals surface area contributed by atoms with Crippen LogP contribution in [0.5, 0.6) is 0 Å². The van der Waals surface area contributed by atoms with Crippen molar-refractivity contribution >= 4 is 0 Å². The third-order valence-corrected chi connectivity index (χ3v) is 2.10. The quantitative estimate of drug-likeness (QED) is 0.475. The van der Waals surface area contributed by atoms with Crippen molar-refractivity contribution in [3.63, 3.8) is 0 Å². The highest BCUT2D eigenvalue weighted by molar-refractivity contribution is 4.90. The van der Waals surface area contributed by atoms with Crippen LogP contribution in [0.3, 0.4) is 0 Å². The van der Waals surface area contributed by atoms with Gasteiger partial charge in [0.2, 0.25) is 0 Å². The van der Waals surface area contributed by atoms with Crippen LogP contribution >= 0.6 is 0 Å². The maximum atomic E-state index is 12.1. The summed E-state index contributed by atoms with van der Waals surface area (Å²) in [5.74, 6) is 0. The number of aliphatic hydroxyl groups excluding tert-OH is 3. The maximum Gasteiger partial charge on any atom is 0.118 e. The van der Waals surface area contributed by atoms with Crippen LogP contribution in [0.4, 0.5) is 4.39 Å². The third kappa shape index (κ3) is 1.59.